The van der Waals surface area contributed by atoms with Crippen LogP contribution in [0.1, 0.15) is 26.3 Å². The fourth-order valence-corrected chi connectivity index (χ4v) is 2.05. The Labute approximate surface area is 125 Å². The van der Waals surface area contributed by atoms with Crippen LogP contribution in [0.2, 0.25) is 0 Å². The third-order valence-corrected chi connectivity index (χ3v) is 3.37. The van der Waals surface area contributed by atoms with Gasteiger partial charge in [0.05, 0.1) is 29.3 Å². The van der Waals surface area contributed by atoms with E-state index in [-0.39, 0.29) is 17.9 Å². The number of hydrogen-bond acceptors (Lipinski definition) is 4. The molecule has 1 aromatic carbocycles. The van der Waals surface area contributed by atoms with Gasteiger partial charge in [0, 0.05) is 6.54 Å². The van der Waals surface area contributed by atoms with E-state index in [1.165, 1.54) is 0 Å². The summed E-state index contributed by atoms with van der Waals surface area (Å²) in [5, 5.41) is 20.7. The summed E-state index contributed by atoms with van der Waals surface area (Å²) in [5.74, 6) is -0.309. The minimum Gasteiger partial charge on any atom is -0.324 e. The van der Waals surface area contributed by atoms with Crippen molar-refractivity contribution in [2.75, 3.05) is 18.4 Å². The summed E-state index contributed by atoms with van der Waals surface area (Å²) in [6, 6.07) is 10.8. The molecule has 1 aromatic rings. The van der Waals surface area contributed by atoms with Gasteiger partial charge in [-0.15, -0.1) is 0 Å². The van der Waals surface area contributed by atoms with Gasteiger partial charge in [-0.2, -0.15) is 10.5 Å². The second-order valence-electron chi connectivity index (χ2n) is 4.94. The van der Waals surface area contributed by atoms with Gasteiger partial charge in [0.1, 0.15) is 6.07 Å². The van der Waals surface area contributed by atoms with E-state index in [1.54, 1.807) is 31.2 Å². The molecule has 21 heavy (non-hydrogen) atoms. The van der Waals surface area contributed by atoms with Crippen molar-refractivity contribution in [1.82, 2.24) is 4.90 Å². The quantitative estimate of drug-likeness (QED) is 0.869. The van der Waals surface area contributed by atoms with E-state index in [9.17, 15) is 4.79 Å². The molecule has 0 fully saturated rings. The Morgan fingerprint density at radius 2 is 2.00 bits per heavy atom. The number of anilines is 1. The van der Waals surface area contributed by atoms with Crippen LogP contribution in [0.5, 0.6) is 0 Å². The number of nitriles is 2. The number of likely N-dealkylation sites (N-methyl/N-ethyl adjacent to an activating group) is 1. The molecule has 110 valence electrons. The van der Waals surface area contributed by atoms with Crippen LogP contribution in [0.3, 0.4) is 0 Å². The highest BCUT2D eigenvalue weighted by atomic mass is 16.2. The molecule has 0 aliphatic carbocycles. The van der Waals surface area contributed by atoms with Gasteiger partial charge >= 0.3 is 0 Å². The number of nitrogens with zero attached hydrogens (tertiary/aromatic N) is 3. The van der Waals surface area contributed by atoms with Crippen molar-refractivity contribution >= 4 is 11.6 Å². The number of benzene rings is 1. The van der Waals surface area contributed by atoms with Crippen LogP contribution in [-0.2, 0) is 4.79 Å². The molecule has 0 spiro atoms. The maximum atomic E-state index is 12.3. The Kier molecular flexibility index (Phi) is 6.39. The third-order valence-electron chi connectivity index (χ3n) is 3.37. The summed E-state index contributed by atoms with van der Waals surface area (Å²) in [4.78, 5) is 14.2. The largest absolute Gasteiger partial charge is 0.324 e. The van der Waals surface area contributed by atoms with E-state index in [1.807, 2.05) is 18.7 Å². The predicted molar refractivity (Wildman–Crippen MR) is 81.3 cm³/mol. The van der Waals surface area contributed by atoms with Gasteiger partial charge in [0.2, 0.25) is 5.91 Å². The van der Waals surface area contributed by atoms with Gasteiger partial charge < -0.3 is 5.32 Å². The zero-order chi connectivity index (χ0) is 15.8. The molecule has 1 amide bonds. The highest BCUT2D eigenvalue weighted by molar-refractivity contribution is 5.95. The molecule has 2 atom stereocenters. The smallest absolute Gasteiger partial charge is 0.241 e. The lowest BCUT2D eigenvalue weighted by Crippen LogP contribution is -2.43. The highest BCUT2D eigenvalue weighted by Crippen LogP contribution is 2.15. The molecule has 5 nitrogen and oxygen atoms in total. The van der Waals surface area contributed by atoms with Crippen LogP contribution in [-0.4, -0.2) is 29.9 Å². The number of nitrogens with one attached hydrogen (secondary N) is 1. The molecule has 0 saturated heterocycles. The normalized spacial score (nSPS) is 13.0. The van der Waals surface area contributed by atoms with E-state index in [0.29, 0.717) is 24.3 Å². The topological polar surface area (TPSA) is 79.9 Å². The zero-order valence-electron chi connectivity index (χ0n) is 12.6. The van der Waals surface area contributed by atoms with Crippen molar-refractivity contribution in [1.29, 1.82) is 10.5 Å². The van der Waals surface area contributed by atoms with Crippen molar-refractivity contribution in [2.24, 2.45) is 5.92 Å². The van der Waals surface area contributed by atoms with Gasteiger partial charge in [-0.25, -0.2) is 0 Å². The molecule has 0 heterocycles. The van der Waals surface area contributed by atoms with E-state index < -0.39 is 0 Å². The van der Waals surface area contributed by atoms with Crippen LogP contribution >= 0.6 is 0 Å². The molecule has 5 heteroatoms. The number of carbonyl (C=O) groups excluding carboxylic acids is 1. The fourth-order valence-electron chi connectivity index (χ4n) is 2.05. The summed E-state index contributed by atoms with van der Waals surface area (Å²) in [6.45, 7) is 6.81. The first kappa shape index (κ1) is 16.7. The number of hydrogen-bond donors (Lipinski definition) is 1. The molecular formula is C16H20N4O. The van der Waals surface area contributed by atoms with Crippen molar-refractivity contribution in [3.63, 3.8) is 0 Å². The van der Waals surface area contributed by atoms with E-state index in [4.69, 9.17) is 10.5 Å². The number of carbonyl (C=O) groups is 1. The van der Waals surface area contributed by atoms with Crippen molar-refractivity contribution in [3.8, 4) is 12.1 Å². The molecule has 0 aromatic heterocycles. The first-order valence-corrected chi connectivity index (χ1v) is 6.97. The van der Waals surface area contributed by atoms with Crippen LogP contribution in [0.25, 0.3) is 0 Å². The standard InChI is InChI=1S/C16H20N4O/c1-4-20(11-12(2)9-17)13(3)16(21)19-15-8-6-5-7-14(15)10-18/h5-8,12-13H,4,11H2,1-3H3,(H,19,21). The first-order chi connectivity index (χ1) is 10.0. The lowest BCUT2D eigenvalue weighted by molar-refractivity contribution is -0.120. The van der Waals surface area contributed by atoms with Crippen LogP contribution in [0.4, 0.5) is 5.69 Å². The van der Waals surface area contributed by atoms with Gasteiger partial charge in [-0.1, -0.05) is 19.1 Å². The average molecular weight is 284 g/mol. The van der Waals surface area contributed by atoms with Gasteiger partial charge in [-0.05, 0) is 32.5 Å². The van der Waals surface area contributed by atoms with Crippen molar-refractivity contribution in [2.45, 2.75) is 26.8 Å². The number of rotatable bonds is 6. The van der Waals surface area contributed by atoms with Crippen LogP contribution in [0.15, 0.2) is 24.3 Å². The Morgan fingerprint density at radius 1 is 1.33 bits per heavy atom. The number of amides is 1. The van der Waals surface area contributed by atoms with Crippen LogP contribution < -0.4 is 5.32 Å². The lowest BCUT2D eigenvalue weighted by atomic mass is 10.1. The minimum atomic E-state index is -0.363. The number of para-hydroxylation sites is 1. The van der Waals surface area contributed by atoms with Crippen molar-refractivity contribution < 1.29 is 4.79 Å². The second kappa shape index (κ2) is 8.04. The maximum absolute atomic E-state index is 12.3. The predicted octanol–water partition coefficient (Wildman–Crippen LogP) is 2.37. The Balaban J connectivity index is 2.78. The zero-order valence-corrected chi connectivity index (χ0v) is 12.6. The molecule has 0 aliphatic heterocycles. The Morgan fingerprint density at radius 3 is 2.57 bits per heavy atom. The molecule has 0 bridgehead atoms. The first-order valence-electron chi connectivity index (χ1n) is 6.97. The fraction of sp³-hybridized carbons (Fsp3) is 0.438. The lowest BCUT2D eigenvalue weighted by Gasteiger charge is -2.27. The average Bonchev–Trinajstić information content (AvgIpc) is 2.51. The molecule has 0 saturated carbocycles. The van der Waals surface area contributed by atoms with Crippen molar-refractivity contribution in [3.05, 3.63) is 29.8 Å². The molecule has 1 N–H and O–H groups in total. The Bertz CT molecular complexity index is 570. The molecule has 0 radical (unpaired) electrons. The summed E-state index contributed by atoms with van der Waals surface area (Å²) in [5.41, 5.74) is 0.952. The van der Waals surface area contributed by atoms with Crippen LogP contribution in [0, 0.1) is 28.6 Å². The van der Waals surface area contributed by atoms with E-state index >= 15 is 0 Å². The highest BCUT2D eigenvalue weighted by Gasteiger charge is 2.22. The summed E-state index contributed by atoms with van der Waals surface area (Å²) in [6.07, 6.45) is 0. The summed E-state index contributed by atoms with van der Waals surface area (Å²) < 4.78 is 0. The van der Waals surface area contributed by atoms with Gasteiger partial charge in [0.15, 0.2) is 0 Å². The van der Waals surface area contributed by atoms with Gasteiger partial charge in [0.25, 0.3) is 0 Å². The monoisotopic (exact) mass is 284 g/mol. The second-order valence-corrected chi connectivity index (χ2v) is 4.94. The molecule has 1 rings (SSSR count). The maximum Gasteiger partial charge on any atom is 0.241 e. The summed E-state index contributed by atoms with van der Waals surface area (Å²) >= 11 is 0. The van der Waals surface area contributed by atoms with E-state index in [2.05, 4.69) is 17.5 Å². The summed E-state index contributed by atoms with van der Waals surface area (Å²) in [7, 11) is 0. The molecule has 0 aliphatic rings. The van der Waals surface area contributed by atoms with E-state index in [0.717, 1.165) is 0 Å². The van der Waals surface area contributed by atoms with Gasteiger partial charge in [-0.3, -0.25) is 9.69 Å². The minimum absolute atomic E-state index is 0.133. The SMILES string of the molecule is CCN(CC(C)C#N)C(C)C(=O)Nc1ccccc1C#N. The third kappa shape index (κ3) is 4.59. The molecular weight excluding hydrogens is 264 g/mol. The molecule has 2 unspecified atom stereocenters. The Hall–Kier alpha value is -2.37.